The van der Waals surface area contributed by atoms with E-state index in [2.05, 4.69) is 87.8 Å². The van der Waals surface area contributed by atoms with E-state index in [9.17, 15) is 0 Å². The second kappa shape index (κ2) is 8.48. The maximum Gasteiger partial charge on any atom is 0.0721 e. The molecule has 0 aromatic heterocycles. The minimum Gasteiger partial charge on any atom is -0.372 e. The van der Waals surface area contributed by atoms with Crippen molar-refractivity contribution in [3.8, 4) is 0 Å². The van der Waals surface area contributed by atoms with Crippen molar-refractivity contribution in [3.63, 3.8) is 0 Å². The second-order valence-electron chi connectivity index (χ2n) is 9.60. The van der Waals surface area contributed by atoms with E-state index in [1.165, 1.54) is 34.3 Å². The summed E-state index contributed by atoms with van der Waals surface area (Å²) in [6.07, 6.45) is 0. The predicted molar refractivity (Wildman–Crippen MR) is 115 cm³/mol. The molecule has 0 radical (unpaired) electrons. The maximum absolute atomic E-state index is 5.90. The van der Waals surface area contributed by atoms with E-state index >= 15 is 0 Å². The van der Waals surface area contributed by atoms with E-state index in [1.54, 1.807) is 0 Å². The van der Waals surface area contributed by atoms with E-state index < -0.39 is 16.1 Å². The van der Waals surface area contributed by atoms with Gasteiger partial charge in [0.2, 0.25) is 0 Å². The zero-order valence-corrected chi connectivity index (χ0v) is 18.9. The fourth-order valence-corrected chi connectivity index (χ4v) is 5.94. The van der Waals surface area contributed by atoms with Crippen LogP contribution >= 0.6 is 0 Å². The lowest BCUT2D eigenvalue weighted by Crippen LogP contribution is -2.23. The standard InChI is InChI=1S/C22H34OSi2/c1-24(2,3)17-21-11-7-19(8-12-21)15-23-16-20-9-13-22(14-10-20)18-25(4,5)6/h7-14H,15-18H2,1-6H3. The van der Waals surface area contributed by atoms with Gasteiger partial charge < -0.3 is 4.74 Å². The van der Waals surface area contributed by atoms with E-state index in [0.717, 1.165) is 0 Å². The van der Waals surface area contributed by atoms with Gasteiger partial charge in [-0.2, -0.15) is 0 Å². The number of hydrogen-bond acceptors (Lipinski definition) is 1. The highest BCUT2D eigenvalue weighted by Crippen LogP contribution is 2.15. The van der Waals surface area contributed by atoms with Crippen LogP contribution in [-0.2, 0) is 30.0 Å². The monoisotopic (exact) mass is 370 g/mol. The van der Waals surface area contributed by atoms with Gasteiger partial charge in [-0.05, 0) is 23.2 Å². The highest BCUT2D eigenvalue weighted by Gasteiger charge is 2.14. The first-order chi connectivity index (χ1) is 11.6. The van der Waals surface area contributed by atoms with Crippen molar-refractivity contribution in [2.24, 2.45) is 0 Å². The molecule has 25 heavy (non-hydrogen) atoms. The summed E-state index contributed by atoms with van der Waals surface area (Å²) in [7, 11) is -2.07. The van der Waals surface area contributed by atoms with Gasteiger partial charge in [-0.1, -0.05) is 98.9 Å². The second-order valence-corrected chi connectivity index (χ2v) is 20.6. The number of ether oxygens (including phenoxy) is 1. The Hall–Kier alpha value is -1.17. The van der Waals surface area contributed by atoms with Gasteiger partial charge in [0, 0.05) is 16.1 Å². The smallest absolute Gasteiger partial charge is 0.0721 e. The minimum atomic E-state index is -1.03. The van der Waals surface area contributed by atoms with Crippen LogP contribution in [0.2, 0.25) is 39.3 Å². The van der Waals surface area contributed by atoms with Gasteiger partial charge in [-0.15, -0.1) is 0 Å². The van der Waals surface area contributed by atoms with Crippen molar-refractivity contribution < 1.29 is 4.74 Å². The summed E-state index contributed by atoms with van der Waals surface area (Å²) in [5, 5.41) is 0. The Balaban J connectivity index is 1.80. The van der Waals surface area contributed by atoms with Crippen LogP contribution in [0.5, 0.6) is 0 Å². The van der Waals surface area contributed by atoms with Crippen molar-refractivity contribution in [2.45, 2.75) is 64.6 Å². The molecule has 3 heteroatoms. The zero-order valence-electron chi connectivity index (χ0n) is 16.9. The topological polar surface area (TPSA) is 9.23 Å². The van der Waals surface area contributed by atoms with Crippen LogP contribution in [0.3, 0.4) is 0 Å². The Morgan fingerprint density at radius 2 is 0.800 bits per heavy atom. The van der Waals surface area contributed by atoms with E-state index in [1.807, 2.05) is 0 Å². The van der Waals surface area contributed by atoms with Crippen molar-refractivity contribution in [1.82, 2.24) is 0 Å². The summed E-state index contributed by atoms with van der Waals surface area (Å²) in [6, 6.07) is 20.4. The molecule has 0 saturated heterocycles. The number of hydrogen-bond donors (Lipinski definition) is 0. The number of benzene rings is 2. The van der Waals surface area contributed by atoms with E-state index in [4.69, 9.17) is 4.74 Å². The highest BCUT2D eigenvalue weighted by atomic mass is 28.3. The summed E-state index contributed by atoms with van der Waals surface area (Å²) in [5.74, 6) is 0. The van der Waals surface area contributed by atoms with Gasteiger partial charge in [0.05, 0.1) is 13.2 Å². The molecule has 0 aliphatic carbocycles. The van der Waals surface area contributed by atoms with Crippen LogP contribution < -0.4 is 0 Å². The molecule has 0 N–H and O–H groups in total. The molecular weight excluding hydrogens is 336 g/mol. The fraction of sp³-hybridized carbons (Fsp3) is 0.455. The molecule has 0 spiro atoms. The molecule has 0 aliphatic rings. The lowest BCUT2D eigenvalue weighted by atomic mass is 10.1. The average molecular weight is 371 g/mol. The Kier molecular flexibility index (Phi) is 6.83. The normalized spacial score (nSPS) is 12.4. The summed E-state index contributed by atoms with van der Waals surface area (Å²) in [6.45, 7) is 15.9. The van der Waals surface area contributed by atoms with Gasteiger partial charge in [-0.3, -0.25) is 0 Å². The molecule has 0 heterocycles. The molecule has 136 valence electrons. The number of rotatable bonds is 8. The first-order valence-electron chi connectivity index (χ1n) is 9.34. The third-order valence-corrected chi connectivity index (χ3v) is 6.99. The lowest BCUT2D eigenvalue weighted by Gasteiger charge is -2.16. The van der Waals surface area contributed by atoms with Crippen molar-refractivity contribution >= 4 is 16.1 Å². The third kappa shape index (κ3) is 8.17. The van der Waals surface area contributed by atoms with E-state index in [-0.39, 0.29) is 0 Å². The van der Waals surface area contributed by atoms with Gasteiger partial charge in [0.1, 0.15) is 0 Å². The van der Waals surface area contributed by atoms with Crippen LogP contribution in [0.25, 0.3) is 0 Å². The maximum atomic E-state index is 5.90. The van der Waals surface area contributed by atoms with Crippen LogP contribution in [0.1, 0.15) is 22.3 Å². The van der Waals surface area contributed by atoms with Gasteiger partial charge >= 0.3 is 0 Å². The van der Waals surface area contributed by atoms with E-state index in [0.29, 0.717) is 13.2 Å². The highest BCUT2D eigenvalue weighted by molar-refractivity contribution is 6.75. The first kappa shape index (κ1) is 20.1. The molecule has 2 aromatic rings. The molecule has 0 amide bonds. The molecule has 0 bridgehead atoms. The van der Waals surface area contributed by atoms with Crippen LogP contribution in [0, 0.1) is 0 Å². The van der Waals surface area contributed by atoms with Gasteiger partial charge in [0.15, 0.2) is 0 Å². The molecule has 0 fully saturated rings. The van der Waals surface area contributed by atoms with Crippen LogP contribution in [0.15, 0.2) is 48.5 Å². The molecule has 0 unspecified atom stereocenters. The van der Waals surface area contributed by atoms with Crippen molar-refractivity contribution in [2.75, 3.05) is 0 Å². The molecule has 0 aliphatic heterocycles. The Bertz CT molecular complexity index is 587. The minimum absolute atomic E-state index is 0.684. The molecule has 0 atom stereocenters. The zero-order chi connectivity index (χ0) is 18.5. The Morgan fingerprint density at radius 3 is 1.08 bits per heavy atom. The summed E-state index contributed by atoms with van der Waals surface area (Å²) >= 11 is 0. The van der Waals surface area contributed by atoms with Crippen LogP contribution in [0.4, 0.5) is 0 Å². The molecular formula is C22H34OSi2. The fourth-order valence-electron chi connectivity index (χ4n) is 3.02. The summed E-state index contributed by atoms with van der Waals surface area (Å²) in [4.78, 5) is 0. The molecule has 2 rings (SSSR count). The first-order valence-corrected chi connectivity index (χ1v) is 16.8. The largest absolute Gasteiger partial charge is 0.372 e. The third-order valence-electron chi connectivity index (χ3n) is 4.05. The van der Waals surface area contributed by atoms with Gasteiger partial charge in [-0.25, -0.2) is 0 Å². The SMILES string of the molecule is C[Si](C)(C)Cc1ccc(COCc2ccc(C[Si](C)(C)C)cc2)cc1. The quantitative estimate of drug-likeness (QED) is 0.499. The Morgan fingerprint density at radius 1 is 0.520 bits per heavy atom. The van der Waals surface area contributed by atoms with Gasteiger partial charge in [0.25, 0.3) is 0 Å². The lowest BCUT2D eigenvalue weighted by molar-refractivity contribution is 0.107. The Labute approximate surface area is 156 Å². The van der Waals surface area contributed by atoms with Crippen LogP contribution in [-0.4, -0.2) is 16.1 Å². The predicted octanol–water partition coefficient (Wildman–Crippen LogP) is 6.24. The molecule has 0 saturated carbocycles. The summed E-state index contributed by atoms with van der Waals surface area (Å²) in [5.41, 5.74) is 5.44. The van der Waals surface area contributed by atoms with Crippen molar-refractivity contribution in [3.05, 3.63) is 70.8 Å². The summed E-state index contributed by atoms with van der Waals surface area (Å²) < 4.78 is 5.90. The average Bonchev–Trinajstić information content (AvgIpc) is 2.48. The molecule has 2 aromatic carbocycles. The van der Waals surface area contributed by atoms with Crippen molar-refractivity contribution in [1.29, 1.82) is 0 Å². The molecule has 1 nitrogen and oxygen atoms in total.